The van der Waals surface area contributed by atoms with Gasteiger partial charge in [-0.1, -0.05) is 12.1 Å². The summed E-state index contributed by atoms with van der Waals surface area (Å²) in [4.78, 5) is 5.56. The molecule has 1 heterocycles. The number of thioether (sulfide) groups is 1. The predicted molar refractivity (Wildman–Crippen MR) is 73.6 cm³/mol. The number of hydrogen-bond donors (Lipinski definition) is 1. The summed E-state index contributed by atoms with van der Waals surface area (Å²) in [6.45, 7) is 0.730. The summed E-state index contributed by atoms with van der Waals surface area (Å²) in [6.07, 6.45) is 6.44. The van der Waals surface area contributed by atoms with Crippen molar-refractivity contribution in [2.75, 3.05) is 6.26 Å². The van der Waals surface area contributed by atoms with Gasteiger partial charge in [0.25, 0.3) is 0 Å². The summed E-state index contributed by atoms with van der Waals surface area (Å²) in [5.41, 5.74) is 1.08. The molecule has 3 nitrogen and oxygen atoms in total. The third-order valence-corrected chi connectivity index (χ3v) is 3.79. The first kappa shape index (κ1) is 11.8. The highest BCUT2D eigenvalue weighted by Gasteiger charge is 2.20. The van der Waals surface area contributed by atoms with Crippen molar-refractivity contribution in [3.8, 4) is 11.3 Å². The number of nitrogens with one attached hydrogen (secondary N) is 1. The van der Waals surface area contributed by atoms with E-state index in [0.29, 0.717) is 6.04 Å². The van der Waals surface area contributed by atoms with Gasteiger partial charge in [0, 0.05) is 16.5 Å². The molecule has 4 heteroatoms. The summed E-state index contributed by atoms with van der Waals surface area (Å²) in [5.74, 6) is 1.61. The zero-order valence-corrected chi connectivity index (χ0v) is 11.2. The molecule has 1 fully saturated rings. The quantitative estimate of drug-likeness (QED) is 0.837. The first-order chi connectivity index (χ1) is 8.85. The normalized spacial score (nSPS) is 14.9. The lowest BCUT2D eigenvalue weighted by Gasteiger charge is -1.99. The molecule has 0 spiro atoms. The topological polar surface area (TPSA) is 38.1 Å². The van der Waals surface area contributed by atoms with Crippen molar-refractivity contribution in [3.05, 3.63) is 36.4 Å². The average molecular weight is 260 g/mol. The predicted octanol–water partition coefficient (Wildman–Crippen LogP) is 3.32. The molecule has 3 rings (SSSR count). The maximum absolute atomic E-state index is 5.74. The number of nitrogens with zero attached hydrogens (tertiary/aromatic N) is 1. The molecule has 0 saturated heterocycles. The van der Waals surface area contributed by atoms with E-state index in [1.54, 1.807) is 18.0 Å². The zero-order valence-electron chi connectivity index (χ0n) is 10.3. The Morgan fingerprint density at radius 1 is 1.33 bits per heavy atom. The Labute approximate surface area is 111 Å². The lowest BCUT2D eigenvalue weighted by atomic mass is 10.2. The van der Waals surface area contributed by atoms with E-state index in [4.69, 9.17) is 4.42 Å². The van der Waals surface area contributed by atoms with E-state index in [9.17, 15) is 0 Å². The van der Waals surface area contributed by atoms with Crippen LogP contribution >= 0.6 is 11.8 Å². The Morgan fingerprint density at radius 3 is 2.78 bits per heavy atom. The Kier molecular flexibility index (Phi) is 3.39. The molecule has 1 aliphatic carbocycles. The van der Waals surface area contributed by atoms with E-state index in [0.717, 1.165) is 23.8 Å². The van der Waals surface area contributed by atoms with Crippen molar-refractivity contribution < 1.29 is 4.42 Å². The molecule has 0 amide bonds. The molecule has 1 aromatic heterocycles. The summed E-state index contributed by atoms with van der Waals surface area (Å²) in [5, 5.41) is 3.40. The van der Waals surface area contributed by atoms with Crippen molar-refractivity contribution in [1.82, 2.24) is 10.3 Å². The van der Waals surface area contributed by atoms with Crippen LogP contribution in [0.25, 0.3) is 11.3 Å². The Morgan fingerprint density at radius 2 is 2.11 bits per heavy atom. The highest BCUT2D eigenvalue weighted by Crippen LogP contribution is 2.24. The molecule has 2 aromatic rings. The standard InChI is InChI=1S/C14H16N2OS/c1-18-12-6-2-10(3-7-12)13-8-16-14(17-13)9-15-11-4-5-11/h2-3,6-8,11,15H,4-5,9H2,1H3. The van der Waals surface area contributed by atoms with E-state index >= 15 is 0 Å². The van der Waals surface area contributed by atoms with E-state index in [1.165, 1.54) is 17.7 Å². The van der Waals surface area contributed by atoms with Crippen LogP contribution in [0.15, 0.2) is 39.8 Å². The van der Waals surface area contributed by atoms with Gasteiger partial charge in [-0.15, -0.1) is 11.8 Å². The van der Waals surface area contributed by atoms with Crippen molar-refractivity contribution in [3.63, 3.8) is 0 Å². The van der Waals surface area contributed by atoms with Crippen LogP contribution in [0.1, 0.15) is 18.7 Å². The van der Waals surface area contributed by atoms with Crippen LogP contribution in [0.3, 0.4) is 0 Å². The summed E-state index contributed by atoms with van der Waals surface area (Å²) >= 11 is 1.74. The number of benzene rings is 1. The fraction of sp³-hybridized carbons (Fsp3) is 0.357. The zero-order chi connectivity index (χ0) is 12.4. The molecule has 1 saturated carbocycles. The average Bonchev–Trinajstić information content (AvgIpc) is 3.14. The molecule has 0 bridgehead atoms. The second-order valence-corrected chi connectivity index (χ2v) is 5.38. The molecule has 18 heavy (non-hydrogen) atoms. The molecular formula is C14H16N2OS. The van der Waals surface area contributed by atoms with Gasteiger partial charge >= 0.3 is 0 Å². The van der Waals surface area contributed by atoms with E-state index < -0.39 is 0 Å². The van der Waals surface area contributed by atoms with Gasteiger partial charge in [0.2, 0.25) is 5.89 Å². The number of oxazole rings is 1. The minimum atomic E-state index is 0.682. The van der Waals surface area contributed by atoms with Crippen molar-refractivity contribution >= 4 is 11.8 Å². The van der Waals surface area contributed by atoms with Gasteiger partial charge in [-0.25, -0.2) is 4.98 Å². The number of rotatable bonds is 5. The fourth-order valence-corrected chi connectivity index (χ4v) is 2.21. The SMILES string of the molecule is CSc1ccc(-c2cnc(CNC3CC3)o2)cc1. The molecule has 0 atom stereocenters. The molecular weight excluding hydrogens is 244 g/mol. The Balaban J connectivity index is 1.70. The molecule has 1 aliphatic rings. The molecule has 1 N–H and O–H groups in total. The van der Waals surface area contributed by atoms with Crippen molar-refractivity contribution in [2.45, 2.75) is 30.3 Å². The number of aromatic nitrogens is 1. The summed E-state index contributed by atoms with van der Waals surface area (Å²) < 4.78 is 5.74. The van der Waals surface area contributed by atoms with Gasteiger partial charge in [-0.3, -0.25) is 0 Å². The molecule has 0 unspecified atom stereocenters. The van der Waals surface area contributed by atoms with Crippen LogP contribution in [0.4, 0.5) is 0 Å². The lowest BCUT2D eigenvalue weighted by Crippen LogP contribution is -2.15. The summed E-state index contributed by atoms with van der Waals surface area (Å²) in [6, 6.07) is 9.03. The fourth-order valence-electron chi connectivity index (χ4n) is 1.80. The molecule has 94 valence electrons. The van der Waals surface area contributed by atoms with Crippen LogP contribution in [-0.4, -0.2) is 17.3 Å². The van der Waals surface area contributed by atoms with Crippen molar-refractivity contribution in [1.29, 1.82) is 0 Å². The minimum absolute atomic E-state index is 0.682. The lowest BCUT2D eigenvalue weighted by molar-refractivity contribution is 0.476. The van der Waals surface area contributed by atoms with Gasteiger partial charge in [-0.05, 0) is 31.2 Å². The maximum atomic E-state index is 5.74. The van der Waals surface area contributed by atoms with Gasteiger partial charge < -0.3 is 9.73 Å². The van der Waals surface area contributed by atoms with Gasteiger partial charge in [-0.2, -0.15) is 0 Å². The minimum Gasteiger partial charge on any atom is -0.439 e. The smallest absolute Gasteiger partial charge is 0.208 e. The maximum Gasteiger partial charge on any atom is 0.208 e. The van der Waals surface area contributed by atoms with Gasteiger partial charge in [0.05, 0.1) is 12.7 Å². The third-order valence-electron chi connectivity index (χ3n) is 3.05. The monoisotopic (exact) mass is 260 g/mol. The third kappa shape index (κ3) is 2.76. The van der Waals surface area contributed by atoms with E-state index in [-0.39, 0.29) is 0 Å². The largest absolute Gasteiger partial charge is 0.439 e. The van der Waals surface area contributed by atoms with E-state index in [2.05, 4.69) is 40.8 Å². The van der Waals surface area contributed by atoms with Crippen molar-refractivity contribution in [2.24, 2.45) is 0 Å². The molecule has 0 radical (unpaired) electrons. The van der Waals surface area contributed by atoms with Gasteiger partial charge in [0.15, 0.2) is 5.76 Å². The van der Waals surface area contributed by atoms with Crippen LogP contribution in [0, 0.1) is 0 Å². The second-order valence-electron chi connectivity index (χ2n) is 4.50. The number of hydrogen-bond acceptors (Lipinski definition) is 4. The summed E-state index contributed by atoms with van der Waals surface area (Å²) in [7, 11) is 0. The molecule has 1 aromatic carbocycles. The first-order valence-corrected chi connectivity index (χ1v) is 7.40. The second kappa shape index (κ2) is 5.16. The first-order valence-electron chi connectivity index (χ1n) is 6.17. The Hall–Kier alpha value is -1.26. The van der Waals surface area contributed by atoms with Gasteiger partial charge in [0.1, 0.15) is 0 Å². The van der Waals surface area contributed by atoms with E-state index in [1.807, 2.05) is 0 Å². The Bertz CT molecular complexity index is 517. The van der Waals surface area contributed by atoms with Crippen LogP contribution in [0.5, 0.6) is 0 Å². The van der Waals surface area contributed by atoms with Crippen LogP contribution in [0.2, 0.25) is 0 Å². The van der Waals surface area contributed by atoms with Crippen LogP contribution in [-0.2, 0) is 6.54 Å². The molecule has 0 aliphatic heterocycles. The van der Waals surface area contributed by atoms with Crippen LogP contribution < -0.4 is 5.32 Å². The highest BCUT2D eigenvalue weighted by molar-refractivity contribution is 7.98. The highest BCUT2D eigenvalue weighted by atomic mass is 32.2.